The number of nitrogens with one attached hydrogen (secondary N) is 2. The Kier molecular flexibility index (Phi) is 12.4. The molecule has 0 spiro atoms. The molecule has 5 aromatic rings. The predicted molar refractivity (Wildman–Crippen MR) is 203 cm³/mol. The summed E-state index contributed by atoms with van der Waals surface area (Å²) in [5.41, 5.74) is 4.75. The van der Waals surface area contributed by atoms with Crippen molar-refractivity contribution in [1.29, 1.82) is 0 Å². The summed E-state index contributed by atoms with van der Waals surface area (Å²) in [6, 6.07) is 14.3. The molecule has 0 unspecified atom stereocenters. The second-order valence-electron chi connectivity index (χ2n) is 14.1. The van der Waals surface area contributed by atoms with Crippen molar-refractivity contribution in [2.45, 2.75) is 89.3 Å². The topological polar surface area (TPSA) is 179 Å². The number of hydrogen-bond acceptors (Lipinski definition) is 11. The maximum absolute atomic E-state index is 13.4. The number of aromatic nitrogens is 4. The zero-order valence-corrected chi connectivity index (χ0v) is 32.0. The van der Waals surface area contributed by atoms with Gasteiger partial charge in [0.2, 0.25) is 17.5 Å². The van der Waals surface area contributed by atoms with Crippen LogP contribution >= 0.6 is 12.4 Å². The van der Waals surface area contributed by atoms with Crippen LogP contribution in [0, 0.1) is 13.8 Å². The zero-order valence-electron chi connectivity index (χ0n) is 30.4. The van der Waals surface area contributed by atoms with Crippen LogP contribution in [-0.4, -0.2) is 64.8 Å². The number of rotatable bonds is 13. The van der Waals surface area contributed by atoms with Gasteiger partial charge in [-0.25, -0.2) is 32.9 Å². The fraction of sp³-hybridized carbons (Fsp3) is 0.395. The van der Waals surface area contributed by atoms with Gasteiger partial charge in [0.25, 0.3) is 10.0 Å². The molecule has 1 aliphatic heterocycles. The van der Waals surface area contributed by atoms with Crippen LogP contribution in [0.15, 0.2) is 70.1 Å². The van der Waals surface area contributed by atoms with Crippen LogP contribution in [0.5, 0.6) is 5.88 Å². The smallest absolute Gasteiger partial charge is 0.335 e. The maximum atomic E-state index is 13.4. The quantitative estimate of drug-likeness (QED) is 0.112. The van der Waals surface area contributed by atoms with E-state index in [1.807, 2.05) is 38.1 Å². The predicted octanol–water partition coefficient (Wildman–Crippen LogP) is 7.01. The third-order valence-corrected chi connectivity index (χ3v) is 10.2. The molecule has 0 amide bonds. The number of carboxylic acids is 1. The average molecular weight is 765 g/mol. The molecule has 282 valence electrons. The van der Waals surface area contributed by atoms with Crippen LogP contribution < -0.4 is 14.8 Å². The molecule has 3 N–H and O–H groups in total. The molecule has 2 atom stereocenters. The number of aryl methyl sites for hydroxylation is 2. The molecule has 0 saturated carbocycles. The minimum absolute atomic E-state index is 0. The summed E-state index contributed by atoms with van der Waals surface area (Å²) >= 11 is 0. The van der Waals surface area contributed by atoms with Gasteiger partial charge in [0.05, 0.1) is 34.1 Å². The van der Waals surface area contributed by atoms with Gasteiger partial charge >= 0.3 is 5.97 Å². The van der Waals surface area contributed by atoms with E-state index >= 15 is 0 Å². The molecule has 0 bridgehead atoms. The van der Waals surface area contributed by atoms with Gasteiger partial charge in [-0.05, 0) is 68.9 Å². The van der Waals surface area contributed by atoms with Gasteiger partial charge in [0.1, 0.15) is 17.9 Å². The van der Waals surface area contributed by atoms with E-state index in [9.17, 15) is 18.3 Å². The van der Waals surface area contributed by atoms with Crippen molar-refractivity contribution < 1.29 is 32.2 Å². The molecule has 53 heavy (non-hydrogen) atoms. The maximum Gasteiger partial charge on any atom is 0.335 e. The van der Waals surface area contributed by atoms with Crippen LogP contribution in [-0.2, 0) is 26.7 Å². The number of fused-ring (bicyclic) bond motifs is 1. The summed E-state index contributed by atoms with van der Waals surface area (Å²) in [5, 5.41) is 13.0. The van der Waals surface area contributed by atoms with Crippen LogP contribution in [0.25, 0.3) is 22.5 Å². The number of anilines is 1. The summed E-state index contributed by atoms with van der Waals surface area (Å²) < 4.78 is 47.7. The highest BCUT2D eigenvalue weighted by Gasteiger charge is 2.24. The second kappa shape index (κ2) is 16.6. The zero-order chi connectivity index (χ0) is 37.0. The van der Waals surface area contributed by atoms with E-state index < -0.39 is 16.0 Å². The SMILES string of the molecule is Cc1cccc(C)c1-c1cc(OC[C@@H](C[C@H]2CCCCO2)NCc2cnc3oc(C(C)(C)C)cc3n2)nc(NS(=O)(=O)c2cccc(C(=O)O)c2)n1.Cl. The largest absolute Gasteiger partial charge is 0.478 e. The summed E-state index contributed by atoms with van der Waals surface area (Å²) in [5.74, 6) is -0.481. The Bertz CT molecular complexity index is 2160. The van der Waals surface area contributed by atoms with E-state index in [2.05, 4.69) is 45.8 Å². The number of carbonyl (C=O) groups is 1. The minimum Gasteiger partial charge on any atom is -0.478 e. The highest BCUT2D eigenvalue weighted by molar-refractivity contribution is 7.92. The summed E-state index contributed by atoms with van der Waals surface area (Å²) in [4.78, 5) is 29.6. The Morgan fingerprint density at radius 3 is 2.49 bits per heavy atom. The van der Waals surface area contributed by atoms with Crippen molar-refractivity contribution >= 4 is 45.6 Å². The van der Waals surface area contributed by atoms with Crippen molar-refractivity contribution in [3.63, 3.8) is 0 Å². The number of nitrogens with zero attached hydrogens (tertiary/aromatic N) is 4. The number of furan rings is 1. The first-order valence-electron chi connectivity index (χ1n) is 17.3. The van der Waals surface area contributed by atoms with Crippen LogP contribution in [0.1, 0.15) is 79.4 Å². The number of halogens is 1. The van der Waals surface area contributed by atoms with Gasteiger partial charge in [0.15, 0.2) is 0 Å². The Morgan fingerprint density at radius 1 is 1.04 bits per heavy atom. The Morgan fingerprint density at radius 2 is 1.79 bits per heavy atom. The first-order valence-corrected chi connectivity index (χ1v) is 18.8. The molecule has 0 aliphatic carbocycles. The molecule has 13 nitrogen and oxygen atoms in total. The summed E-state index contributed by atoms with van der Waals surface area (Å²) in [6.45, 7) is 11.4. The number of hydrogen-bond donors (Lipinski definition) is 3. The molecule has 15 heteroatoms. The Labute approximate surface area is 315 Å². The highest BCUT2D eigenvalue weighted by Crippen LogP contribution is 2.30. The Hall–Kier alpha value is -4.63. The van der Waals surface area contributed by atoms with E-state index in [0.717, 1.165) is 53.5 Å². The molecule has 4 heterocycles. The molecule has 1 saturated heterocycles. The molecule has 2 aromatic carbocycles. The van der Waals surface area contributed by atoms with Crippen LogP contribution in [0.4, 0.5) is 5.95 Å². The third-order valence-electron chi connectivity index (χ3n) is 8.91. The first-order chi connectivity index (χ1) is 24.7. The molecule has 3 aromatic heterocycles. The molecular weight excluding hydrogens is 720 g/mol. The number of carboxylic acid groups (broad SMARTS) is 1. The van der Waals surface area contributed by atoms with E-state index in [1.165, 1.54) is 18.2 Å². The molecular formula is C38H45ClN6O7S. The number of sulfonamides is 1. The lowest BCUT2D eigenvalue weighted by Gasteiger charge is -2.27. The van der Waals surface area contributed by atoms with E-state index in [4.69, 9.17) is 18.9 Å². The normalized spacial score (nSPS) is 15.5. The van der Waals surface area contributed by atoms with E-state index in [0.29, 0.717) is 36.5 Å². The van der Waals surface area contributed by atoms with Crippen LogP contribution in [0.3, 0.4) is 0 Å². The van der Waals surface area contributed by atoms with Gasteiger partial charge in [0, 0.05) is 42.3 Å². The second-order valence-corrected chi connectivity index (χ2v) is 15.8. The van der Waals surface area contributed by atoms with E-state index in [-0.39, 0.29) is 58.9 Å². The van der Waals surface area contributed by atoms with Gasteiger partial charge in [-0.1, -0.05) is 45.0 Å². The van der Waals surface area contributed by atoms with Gasteiger partial charge in [-0.2, -0.15) is 4.98 Å². The fourth-order valence-corrected chi connectivity index (χ4v) is 7.13. The number of benzene rings is 2. The molecule has 1 aliphatic rings. The first kappa shape index (κ1) is 39.6. The van der Waals surface area contributed by atoms with Gasteiger partial charge in [-0.15, -0.1) is 12.4 Å². The van der Waals surface area contributed by atoms with E-state index in [1.54, 1.807) is 12.3 Å². The summed E-state index contributed by atoms with van der Waals surface area (Å²) in [6.07, 6.45) is 5.47. The Balaban J connectivity index is 0.00000541. The van der Waals surface area contributed by atoms with Crippen molar-refractivity contribution in [3.05, 3.63) is 88.9 Å². The monoisotopic (exact) mass is 764 g/mol. The number of aromatic carboxylic acids is 1. The lowest BCUT2D eigenvalue weighted by molar-refractivity contribution is 0.00183. The third kappa shape index (κ3) is 9.87. The standard InChI is InChI=1S/C38H44N6O7S.ClH/c1-23-10-8-11-24(2)34(23)30-19-33(43-37(42-30)44-52(47,48)29-14-9-12-25(16-29)36(45)46)50-22-26(17-28-13-6-7-15-49-28)39-20-27-21-40-35-31(41-27)18-32(51-35)38(3,4)5;/h8-12,14,16,18-19,21,26,28,39H,6-7,13,15,17,20,22H2,1-5H3,(H,45,46)(H,42,43,44);1H/t26-,28-;/m1./s1. The van der Waals surface area contributed by atoms with Crippen molar-refractivity contribution in [1.82, 2.24) is 25.3 Å². The lowest BCUT2D eigenvalue weighted by atomic mass is 9.93. The molecule has 0 radical (unpaired) electrons. The van der Waals surface area contributed by atoms with Crippen molar-refractivity contribution in [2.75, 3.05) is 17.9 Å². The fourth-order valence-electron chi connectivity index (χ4n) is 6.14. The number of ether oxygens (including phenoxy) is 2. The lowest BCUT2D eigenvalue weighted by Crippen LogP contribution is -2.39. The molecule has 1 fully saturated rings. The van der Waals surface area contributed by atoms with Crippen molar-refractivity contribution in [2.24, 2.45) is 0 Å². The minimum atomic E-state index is -4.26. The average Bonchev–Trinajstić information content (AvgIpc) is 3.54. The van der Waals surface area contributed by atoms with Gasteiger partial charge in [-0.3, -0.25) is 0 Å². The summed E-state index contributed by atoms with van der Waals surface area (Å²) in [7, 11) is -4.26. The highest BCUT2D eigenvalue weighted by atomic mass is 35.5. The van der Waals surface area contributed by atoms with Crippen molar-refractivity contribution in [3.8, 4) is 17.1 Å². The van der Waals surface area contributed by atoms with Crippen LogP contribution in [0.2, 0.25) is 0 Å². The molecule has 6 rings (SSSR count). The van der Waals surface area contributed by atoms with Gasteiger partial charge < -0.3 is 24.3 Å².